The van der Waals surface area contributed by atoms with Crippen LogP contribution in [-0.2, 0) is 6.54 Å². The number of nitrogens with one attached hydrogen (secondary N) is 1. The van der Waals surface area contributed by atoms with E-state index in [1.54, 1.807) is 6.20 Å². The van der Waals surface area contributed by atoms with Crippen LogP contribution in [0.15, 0.2) is 41.1 Å². The Balaban J connectivity index is 1.91. The normalized spacial score (nSPS) is 10.8. The van der Waals surface area contributed by atoms with E-state index in [0.717, 1.165) is 33.7 Å². The standard InChI is InChI=1S/C14H14N4O/c1-9-7-10(19-18-9)8-17-13-5-4-12(15)11-3-2-6-16-14(11)13/h2-7,17H,8,15H2,1H3. The fourth-order valence-corrected chi connectivity index (χ4v) is 2.02. The van der Waals surface area contributed by atoms with Crippen LogP contribution in [0.1, 0.15) is 11.5 Å². The zero-order valence-corrected chi connectivity index (χ0v) is 10.6. The van der Waals surface area contributed by atoms with Crippen LogP contribution < -0.4 is 11.1 Å². The van der Waals surface area contributed by atoms with Crippen molar-refractivity contribution in [3.05, 3.63) is 48.0 Å². The number of fused-ring (bicyclic) bond motifs is 1. The molecule has 5 nitrogen and oxygen atoms in total. The molecular weight excluding hydrogens is 240 g/mol. The molecule has 0 saturated carbocycles. The molecule has 0 aliphatic rings. The quantitative estimate of drug-likeness (QED) is 0.703. The summed E-state index contributed by atoms with van der Waals surface area (Å²) in [6.45, 7) is 2.46. The predicted octanol–water partition coefficient (Wildman–Crippen LogP) is 2.73. The number of aryl methyl sites for hydroxylation is 1. The maximum Gasteiger partial charge on any atom is 0.156 e. The molecule has 0 unspecified atom stereocenters. The third-order valence-electron chi connectivity index (χ3n) is 2.93. The van der Waals surface area contributed by atoms with E-state index in [1.165, 1.54) is 0 Å². The van der Waals surface area contributed by atoms with E-state index in [0.29, 0.717) is 6.54 Å². The number of benzene rings is 1. The average molecular weight is 254 g/mol. The molecule has 5 heteroatoms. The zero-order chi connectivity index (χ0) is 13.2. The molecule has 0 amide bonds. The molecule has 3 rings (SSSR count). The minimum atomic E-state index is 0.566. The van der Waals surface area contributed by atoms with Crippen molar-refractivity contribution in [2.75, 3.05) is 11.1 Å². The lowest BCUT2D eigenvalue weighted by Gasteiger charge is -2.09. The lowest BCUT2D eigenvalue weighted by molar-refractivity contribution is 0.384. The monoisotopic (exact) mass is 254 g/mol. The van der Waals surface area contributed by atoms with Crippen LogP contribution in [0, 0.1) is 6.92 Å². The molecule has 0 aliphatic carbocycles. The van der Waals surface area contributed by atoms with Crippen molar-refractivity contribution in [3.8, 4) is 0 Å². The molecule has 0 spiro atoms. The second-order valence-corrected chi connectivity index (χ2v) is 4.39. The van der Waals surface area contributed by atoms with Gasteiger partial charge in [-0.1, -0.05) is 5.16 Å². The van der Waals surface area contributed by atoms with Crippen molar-refractivity contribution >= 4 is 22.3 Å². The molecule has 96 valence electrons. The second kappa shape index (κ2) is 4.61. The Morgan fingerprint density at radius 1 is 1.32 bits per heavy atom. The van der Waals surface area contributed by atoms with Crippen molar-refractivity contribution in [1.82, 2.24) is 10.1 Å². The number of nitrogens with two attached hydrogens (primary N) is 1. The van der Waals surface area contributed by atoms with Crippen LogP contribution in [0.4, 0.5) is 11.4 Å². The highest BCUT2D eigenvalue weighted by Gasteiger charge is 2.06. The van der Waals surface area contributed by atoms with Crippen molar-refractivity contribution < 1.29 is 4.52 Å². The number of anilines is 2. The predicted molar refractivity (Wildman–Crippen MR) is 74.7 cm³/mol. The first-order chi connectivity index (χ1) is 9.24. The van der Waals surface area contributed by atoms with Crippen LogP contribution in [0.3, 0.4) is 0 Å². The molecule has 19 heavy (non-hydrogen) atoms. The Labute approximate surface area is 110 Å². The number of nitrogen functional groups attached to an aromatic ring is 1. The topological polar surface area (TPSA) is 77.0 Å². The van der Waals surface area contributed by atoms with Crippen LogP contribution in [0.5, 0.6) is 0 Å². The van der Waals surface area contributed by atoms with Crippen molar-refractivity contribution in [1.29, 1.82) is 0 Å². The minimum absolute atomic E-state index is 0.566. The van der Waals surface area contributed by atoms with Gasteiger partial charge >= 0.3 is 0 Å². The number of hydrogen-bond acceptors (Lipinski definition) is 5. The largest absolute Gasteiger partial charge is 0.398 e. The summed E-state index contributed by atoms with van der Waals surface area (Å²) >= 11 is 0. The first-order valence-corrected chi connectivity index (χ1v) is 6.03. The molecule has 0 atom stereocenters. The van der Waals surface area contributed by atoms with E-state index in [-0.39, 0.29) is 0 Å². The Morgan fingerprint density at radius 3 is 3.00 bits per heavy atom. The number of nitrogens with zero attached hydrogens (tertiary/aromatic N) is 2. The van der Waals surface area contributed by atoms with E-state index in [4.69, 9.17) is 10.3 Å². The number of aromatic nitrogens is 2. The van der Waals surface area contributed by atoms with E-state index in [9.17, 15) is 0 Å². The summed E-state index contributed by atoms with van der Waals surface area (Å²) in [5.41, 5.74) is 9.33. The molecule has 2 aromatic heterocycles. The fourth-order valence-electron chi connectivity index (χ4n) is 2.02. The molecule has 0 fully saturated rings. The van der Waals surface area contributed by atoms with E-state index in [1.807, 2.05) is 37.3 Å². The molecular formula is C14H14N4O. The molecule has 3 aromatic rings. The van der Waals surface area contributed by atoms with Gasteiger partial charge in [0.05, 0.1) is 23.4 Å². The van der Waals surface area contributed by atoms with Gasteiger partial charge in [0, 0.05) is 23.3 Å². The SMILES string of the molecule is Cc1cc(CNc2ccc(N)c3cccnc23)on1. The smallest absolute Gasteiger partial charge is 0.156 e. The Bertz CT molecular complexity index is 720. The van der Waals surface area contributed by atoms with Gasteiger partial charge in [0.2, 0.25) is 0 Å². The summed E-state index contributed by atoms with van der Waals surface area (Å²) < 4.78 is 5.16. The van der Waals surface area contributed by atoms with E-state index < -0.39 is 0 Å². The van der Waals surface area contributed by atoms with Gasteiger partial charge < -0.3 is 15.6 Å². The van der Waals surface area contributed by atoms with E-state index in [2.05, 4.69) is 15.5 Å². The molecule has 1 aromatic carbocycles. The Hall–Kier alpha value is -2.56. The van der Waals surface area contributed by atoms with Gasteiger partial charge in [-0.25, -0.2) is 0 Å². The van der Waals surface area contributed by atoms with Gasteiger partial charge in [0.15, 0.2) is 5.76 Å². The molecule has 0 saturated heterocycles. The number of hydrogen-bond donors (Lipinski definition) is 2. The molecule has 0 bridgehead atoms. The molecule has 0 radical (unpaired) electrons. The summed E-state index contributed by atoms with van der Waals surface area (Å²) in [5, 5.41) is 8.09. The Morgan fingerprint density at radius 2 is 2.21 bits per heavy atom. The maximum absolute atomic E-state index is 5.94. The third kappa shape index (κ3) is 2.22. The first-order valence-electron chi connectivity index (χ1n) is 6.03. The van der Waals surface area contributed by atoms with Crippen molar-refractivity contribution in [3.63, 3.8) is 0 Å². The first kappa shape index (κ1) is 11.5. The van der Waals surface area contributed by atoms with Crippen molar-refractivity contribution in [2.45, 2.75) is 13.5 Å². The average Bonchev–Trinajstić information content (AvgIpc) is 2.84. The highest BCUT2D eigenvalue weighted by atomic mass is 16.5. The minimum Gasteiger partial charge on any atom is -0.398 e. The van der Waals surface area contributed by atoms with Crippen LogP contribution in [-0.4, -0.2) is 10.1 Å². The van der Waals surface area contributed by atoms with Crippen LogP contribution >= 0.6 is 0 Å². The molecule has 2 heterocycles. The van der Waals surface area contributed by atoms with E-state index >= 15 is 0 Å². The fraction of sp³-hybridized carbons (Fsp3) is 0.143. The van der Waals surface area contributed by atoms with Gasteiger partial charge in [0.1, 0.15) is 0 Å². The highest BCUT2D eigenvalue weighted by Crippen LogP contribution is 2.26. The van der Waals surface area contributed by atoms with Gasteiger partial charge in [-0.05, 0) is 31.2 Å². The number of pyridine rings is 1. The lowest BCUT2D eigenvalue weighted by Crippen LogP contribution is -2.00. The van der Waals surface area contributed by atoms with Crippen LogP contribution in [0.25, 0.3) is 10.9 Å². The number of rotatable bonds is 3. The zero-order valence-electron chi connectivity index (χ0n) is 10.6. The molecule has 0 aliphatic heterocycles. The Kier molecular flexibility index (Phi) is 2.79. The van der Waals surface area contributed by atoms with Crippen molar-refractivity contribution in [2.24, 2.45) is 0 Å². The van der Waals surface area contributed by atoms with Gasteiger partial charge in [-0.15, -0.1) is 0 Å². The van der Waals surface area contributed by atoms with Gasteiger partial charge in [0.25, 0.3) is 0 Å². The van der Waals surface area contributed by atoms with Gasteiger partial charge in [-0.2, -0.15) is 0 Å². The summed E-state index contributed by atoms with van der Waals surface area (Å²) in [4.78, 5) is 4.37. The van der Waals surface area contributed by atoms with Gasteiger partial charge in [-0.3, -0.25) is 4.98 Å². The second-order valence-electron chi connectivity index (χ2n) is 4.39. The summed E-state index contributed by atoms with van der Waals surface area (Å²) in [7, 11) is 0. The van der Waals surface area contributed by atoms with Crippen LogP contribution in [0.2, 0.25) is 0 Å². The summed E-state index contributed by atoms with van der Waals surface area (Å²) in [6.07, 6.45) is 1.76. The molecule has 3 N–H and O–H groups in total. The third-order valence-corrected chi connectivity index (χ3v) is 2.93. The highest BCUT2D eigenvalue weighted by molar-refractivity contribution is 5.98. The summed E-state index contributed by atoms with van der Waals surface area (Å²) in [5.74, 6) is 0.790. The lowest BCUT2D eigenvalue weighted by atomic mass is 10.1. The summed E-state index contributed by atoms with van der Waals surface area (Å²) in [6, 6.07) is 9.54. The maximum atomic E-state index is 5.94.